The molecule has 0 fully saturated rings. The number of ketones is 2. The molecule has 1 aliphatic carbocycles. The molecule has 0 atom stereocenters. The van der Waals surface area contributed by atoms with Gasteiger partial charge in [-0.2, -0.15) is 0 Å². The molecule has 0 aliphatic heterocycles. The first-order chi connectivity index (χ1) is 10.6. The topological polar surface area (TPSA) is 60.4 Å². The maximum absolute atomic E-state index is 12.6. The van der Waals surface area contributed by atoms with Crippen LogP contribution in [0.4, 0.5) is 0 Å². The first-order valence-electron chi connectivity index (χ1n) is 6.69. The predicted octanol–water partition coefficient (Wildman–Crippen LogP) is 3.29. The van der Waals surface area contributed by atoms with Gasteiger partial charge in [0.15, 0.2) is 0 Å². The predicted molar refractivity (Wildman–Crippen MR) is 89.8 cm³/mol. The number of carbonyl (C=O) groups is 3. The van der Waals surface area contributed by atoms with Crippen LogP contribution in [0.5, 0.6) is 0 Å². The molecule has 0 radical (unpaired) electrons. The van der Waals surface area contributed by atoms with Crippen molar-refractivity contribution in [2.45, 2.75) is 10.8 Å². The van der Waals surface area contributed by atoms with E-state index >= 15 is 0 Å². The number of fused-ring (bicyclic) bond motifs is 1. The average molecular weight is 408 g/mol. The molecule has 22 heavy (non-hydrogen) atoms. The van der Waals surface area contributed by atoms with E-state index in [1.165, 1.54) is 6.92 Å². The van der Waals surface area contributed by atoms with Crippen LogP contribution in [0, 0.1) is 3.57 Å². The second kappa shape index (κ2) is 6.00. The SMILES string of the molecule is CC(=O)OI(c1ccccc1)C1C(=O)c2ccccc2C1=O. The van der Waals surface area contributed by atoms with E-state index < -0.39 is 30.1 Å². The molecule has 0 bridgehead atoms. The summed E-state index contributed by atoms with van der Waals surface area (Å²) in [5.74, 6) is -0.905. The van der Waals surface area contributed by atoms with Crippen LogP contribution in [-0.2, 0) is 7.86 Å². The van der Waals surface area contributed by atoms with Gasteiger partial charge in [0, 0.05) is 0 Å². The summed E-state index contributed by atoms with van der Waals surface area (Å²) in [5.41, 5.74) is 0.866. The van der Waals surface area contributed by atoms with Crippen LogP contribution in [-0.4, -0.2) is 21.5 Å². The zero-order chi connectivity index (χ0) is 15.7. The first kappa shape index (κ1) is 14.9. The molecule has 1 aliphatic rings. The van der Waals surface area contributed by atoms with Gasteiger partial charge in [-0.1, -0.05) is 0 Å². The molecule has 2 aromatic rings. The Kier molecular flexibility index (Phi) is 4.06. The third kappa shape index (κ3) is 2.56. The van der Waals surface area contributed by atoms with Crippen molar-refractivity contribution in [1.82, 2.24) is 0 Å². The Labute approximate surface area is 135 Å². The number of hydrogen-bond acceptors (Lipinski definition) is 4. The average Bonchev–Trinajstić information content (AvgIpc) is 2.78. The van der Waals surface area contributed by atoms with E-state index in [2.05, 4.69) is 0 Å². The van der Waals surface area contributed by atoms with Gasteiger partial charge in [-0.05, 0) is 0 Å². The van der Waals surface area contributed by atoms with E-state index in [1.807, 2.05) is 30.3 Å². The molecular formula is C17H13IO4. The van der Waals surface area contributed by atoms with Crippen LogP contribution in [0.3, 0.4) is 0 Å². The van der Waals surface area contributed by atoms with Crippen molar-refractivity contribution >= 4 is 37.8 Å². The van der Waals surface area contributed by atoms with Crippen LogP contribution in [0.1, 0.15) is 27.6 Å². The van der Waals surface area contributed by atoms with Gasteiger partial charge in [-0.3, -0.25) is 0 Å². The number of Topliss-reactive ketones (excluding diaryl/α,β-unsaturated/α-hetero) is 2. The van der Waals surface area contributed by atoms with Gasteiger partial charge >= 0.3 is 135 Å². The Bertz CT molecular complexity index is 719. The fraction of sp³-hybridized carbons (Fsp3) is 0.118. The number of alkyl halides is 1. The summed E-state index contributed by atoms with van der Waals surface area (Å²) >= 11 is -2.77. The van der Waals surface area contributed by atoms with Crippen molar-refractivity contribution in [3.05, 3.63) is 69.3 Å². The molecule has 0 N–H and O–H groups in total. The van der Waals surface area contributed by atoms with Crippen LogP contribution < -0.4 is 0 Å². The van der Waals surface area contributed by atoms with E-state index in [0.29, 0.717) is 11.1 Å². The van der Waals surface area contributed by atoms with E-state index in [9.17, 15) is 14.4 Å². The van der Waals surface area contributed by atoms with Gasteiger partial charge < -0.3 is 0 Å². The van der Waals surface area contributed by atoms with Crippen molar-refractivity contribution in [3.8, 4) is 0 Å². The zero-order valence-corrected chi connectivity index (χ0v) is 13.9. The van der Waals surface area contributed by atoms with Gasteiger partial charge in [0.1, 0.15) is 0 Å². The van der Waals surface area contributed by atoms with Gasteiger partial charge in [0.05, 0.1) is 0 Å². The molecule has 4 nitrogen and oxygen atoms in total. The van der Waals surface area contributed by atoms with Crippen molar-refractivity contribution in [2.75, 3.05) is 0 Å². The van der Waals surface area contributed by atoms with Crippen molar-refractivity contribution in [3.63, 3.8) is 0 Å². The number of benzene rings is 2. The Morgan fingerprint density at radius 1 is 0.909 bits per heavy atom. The fourth-order valence-corrected chi connectivity index (χ4v) is 7.07. The first-order valence-corrected chi connectivity index (χ1v) is 9.90. The zero-order valence-electron chi connectivity index (χ0n) is 11.8. The molecule has 5 heteroatoms. The van der Waals surface area contributed by atoms with E-state index in [-0.39, 0.29) is 11.6 Å². The number of rotatable bonds is 3. The minimum absolute atomic E-state index is 0.226. The van der Waals surface area contributed by atoms with Crippen LogP contribution >= 0.6 is 20.2 Å². The number of halogens is 1. The molecule has 0 saturated carbocycles. The van der Waals surface area contributed by atoms with E-state index in [0.717, 1.165) is 3.57 Å². The summed E-state index contributed by atoms with van der Waals surface area (Å²) in [4.78, 5) is 36.7. The maximum atomic E-state index is 12.6. The summed E-state index contributed by atoms with van der Waals surface area (Å²) in [6.07, 6.45) is 0. The quantitative estimate of drug-likeness (QED) is 0.445. The minimum atomic E-state index is -2.77. The Balaban J connectivity index is 2.05. The fourth-order valence-electron chi connectivity index (χ4n) is 2.36. The Hall–Kier alpha value is -2.02. The summed E-state index contributed by atoms with van der Waals surface area (Å²) in [6, 6.07) is 15.9. The number of carbonyl (C=O) groups excluding carboxylic acids is 3. The molecule has 2 aromatic carbocycles. The van der Waals surface area contributed by atoms with Crippen molar-refractivity contribution in [2.24, 2.45) is 0 Å². The second-order valence-corrected chi connectivity index (χ2v) is 9.28. The van der Waals surface area contributed by atoms with Crippen LogP contribution in [0.2, 0.25) is 0 Å². The van der Waals surface area contributed by atoms with Gasteiger partial charge in [0.25, 0.3) is 0 Å². The second-order valence-electron chi connectivity index (χ2n) is 4.78. The van der Waals surface area contributed by atoms with Crippen molar-refractivity contribution < 1.29 is 17.4 Å². The van der Waals surface area contributed by atoms with Gasteiger partial charge in [0.2, 0.25) is 0 Å². The van der Waals surface area contributed by atoms with Gasteiger partial charge in [-0.15, -0.1) is 0 Å². The molecular weight excluding hydrogens is 395 g/mol. The molecule has 3 rings (SSSR count). The van der Waals surface area contributed by atoms with Gasteiger partial charge in [-0.25, -0.2) is 0 Å². The molecule has 112 valence electrons. The summed E-state index contributed by atoms with van der Waals surface area (Å²) in [6.45, 7) is 1.31. The van der Waals surface area contributed by atoms with Crippen molar-refractivity contribution in [1.29, 1.82) is 0 Å². The van der Waals surface area contributed by atoms with Crippen LogP contribution in [0.25, 0.3) is 0 Å². The Morgan fingerprint density at radius 3 is 1.91 bits per heavy atom. The van der Waals surface area contributed by atoms with Crippen LogP contribution in [0.15, 0.2) is 54.6 Å². The molecule has 0 unspecified atom stereocenters. The summed E-state index contributed by atoms with van der Waals surface area (Å²) in [7, 11) is 0. The molecule has 0 aromatic heterocycles. The van der Waals surface area contributed by atoms with E-state index in [4.69, 9.17) is 3.07 Å². The molecule has 0 spiro atoms. The molecule has 0 saturated heterocycles. The molecule has 0 heterocycles. The number of hydrogen-bond donors (Lipinski definition) is 0. The van der Waals surface area contributed by atoms with E-state index in [1.54, 1.807) is 24.3 Å². The Morgan fingerprint density at radius 2 is 1.41 bits per heavy atom. The molecule has 0 amide bonds. The third-order valence-corrected chi connectivity index (χ3v) is 8.56. The monoisotopic (exact) mass is 408 g/mol. The summed E-state index contributed by atoms with van der Waals surface area (Å²) in [5, 5.41) is 0. The normalized spacial score (nSPS) is 14.7. The standard InChI is InChI=1S/C17H13IO4/c1-11(19)22-18(12-7-3-2-4-8-12)15-16(20)13-9-5-6-10-14(13)17(15)21/h2-10,15H,1H3. The third-order valence-electron chi connectivity index (χ3n) is 3.26. The summed E-state index contributed by atoms with van der Waals surface area (Å²) < 4.78 is 5.41.